The van der Waals surface area contributed by atoms with Crippen LogP contribution in [-0.4, -0.2) is 68.8 Å². The number of methoxy groups -OCH3 is 1. The van der Waals surface area contributed by atoms with E-state index in [0.717, 1.165) is 41.6 Å². The molecule has 1 aliphatic rings. The highest BCUT2D eigenvalue weighted by atomic mass is 32.2. The molecule has 1 aromatic carbocycles. The Morgan fingerprint density at radius 1 is 1.19 bits per heavy atom. The number of sulfonamides is 1. The Morgan fingerprint density at radius 2 is 1.93 bits per heavy atom. The lowest BCUT2D eigenvalue weighted by atomic mass is 10.2. The van der Waals surface area contributed by atoms with Crippen LogP contribution in [0.2, 0.25) is 0 Å². The second-order valence-electron chi connectivity index (χ2n) is 6.38. The number of benzene rings is 1. The zero-order valence-electron chi connectivity index (χ0n) is 15.8. The van der Waals surface area contributed by atoms with Crippen LogP contribution in [0.5, 0.6) is 11.5 Å². The predicted octanol–water partition coefficient (Wildman–Crippen LogP) is 2.29. The molecule has 0 amide bonds. The Morgan fingerprint density at radius 3 is 2.56 bits per heavy atom. The number of aromatic nitrogens is 1. The predicted molar refractivity (Wildman–Crippen MR) is 107 cm³/mol. The van der Waals surface area contributed by atoms with Crippen molar-refractivity contribution in [2.75, 3.05) is 46.2 Å². The smallest absolute Gasteiger partial charge is 0.211 e. The Labute approximate surface area is 164 Å². The van der Waals surface area contributed by atoms with Crippen LogP contribution in [0.15, 0.2) is 23.6 Å². The molecule has 0 saturated carbocycles. The largest absolute Gasteiger partial charge is 0.493 e. The van der Waals surface area contributed by atoms with Gasteiger partial charge in [-0.2, -0.15) is 4.31 Å². The maximum absolute atomic E-state index is 11.6. The van der Waals surface area contributed by atoms with Gasteiger partial charge in [0.1, 0.15) is 5.01 Å². The maximum atomic E-state index is 11.6. The lowest BCUT2D eigenvalue weighted by Crippen LogP contribution is -2.47. The molecule has 7 nitrogen and oxygen atoms in total. The average Bonchev–Trinajstić information content (AvgIpc) is 3.10. The van der Waals surface area contributed by atoms with Gasteiger partial charge in [-0.25, -0.2) is 13.4 Å². The Bertz CT molecular complexity index is 874. The summed E-state index contributed by atoms with van der Waals surface area (Å²) in [5.41, 5.74) is 1.99. The molecule has 1 aromatic heterocycles. The molecule has 0 unspecified atom stereocenters. The van der Waals surface area contributed by atoms with Gasteiger partial charge in [-0.05, 0) is 25.1 Å². The summed E-state index contributed by atoms with van der Waals surface area (Å²) in [5.74, 6) is 1.42. The van der Waals surface area contributed by atoms with E-state index in [4.69, 9.17) is 14.5 Å². The van der Waals surface area contributed by atoms with E-state index in [9.17, 15) is 8.42 Å². The molecule has 0 spiro atoms. The van der Waals surface area contributed by atoms with Crippen molar-refractivity contribution < 1.29 is 17.9 Å². The fraction of sp³-hybridized carbons (Fsp3) is 0.500. The summed E-state index contributed by atoms with van der Waals surface area (Å²) < 4.78 is 35.7. The topological polar surface area (TPSA) is 72.0 Å². The van der Waals surface area contributed by atoms with E-state index in [1.165, 1.54) is 10.6 Å². The van der Waals surface area contributed by atoms with Gasteiger partial charge in [-0.15, -0.1) is 11.3 Å². The first-order valence-electron chi connectivity index (χ1n) is 8.83. The molecule has 2 aromatic rings. The fourth-order valence-corrected chi connectivity index (χ4v) is 4.67. The van der Waals surface area contributed by atoms with E-state index >= 15 is 0 Å². The van der Waals surface area contributed by atoms with Crippen molar-refractivity contribution in [3.63, 3.8) is 0 Å². The van der Waals surface area contributed by atoms with Crippen molar-refractivity contribution in [3.8, 4) is 22.1 Å². The van der Waals surface area contributed by atoms with Crippen LogP contribution in [0.1, 0.15) is 12.6 Å². The minimum Gasteiger partial charge on any atom is -0.493 e. The van der Waals surface area contributed by atoms with Gasteiger partial charge in [0, 0.05) is 43.7 Å². The summed E-state index contributed by atoms with van der Waals surface area (Å²) in [6, 6.07) is 5.84. The minimum absolute atomic E-state index is 0.534. The second kappa shape index (κ2) is 8.55. The molecule has 2 heterocycles. The van der Waals surface area contributed by atoms with Gasteiger partial charge in [0.05, 0.1) is 25.7 Å². The Balaban J connectivity index is 1.65. The van der Waals surface area contributed by atoms with E-state index < -0.39 is 10.0 Å². The van der Waals surface area contributed by atoms with Crippen LogP contribution in [0.4, 0.5) is 0 Å². The molecule has 27 heavy (non-hydrogen) atoms. The summed E-state index contributed by atoms with van der Waals surface area (Å²) in [4.78, 5) is 6.98. The normalized spacial score (nSPS) is 16.4. The summed E-state index contributed by atoms with van der Waals surface area (Å²) in [6.07, 6.45) is 1.26. The van der Waals surface area contributed by atoms with Crippen molar-refractivity contribution in [1.29, 1.82) is 0 Å². The van der Waals surface area contributed by atoms with Crippen LogP contribution in [0.3, 0.4) is 0 Å². The first kappa shape index (κ1) is 20.1. The third-order valence-corrected chi connectivity index (χ3v) is 6.69. The molecular weight excluding hydrogens is 386 g/mol. The highest BCUT2D eigenvalue weighted by Gasteiger charge is 2.23. The molecule has 0 bridgehead atoms. The quantitative estimate of drug-likeness (QED) is 0.696. The number of ether oxygens (including phenoxy) is 2. The summed E-state index contributed by atoms with van der Waals surface area (Å²) in [6.45, 7) is 5.76. The molecule has 9 heteroatoms. The van der Waals surface area contributed by atoms with Gasteiger partial charge in [0.25, 0.3) is 0 Å². The third kappa shape index (κ3) is 4.98. The van der Waals surface area contributed by atoms with E-state index in [1.54, 1.807) is 18.4 Å². The minimum atomic E-state index is -3.10. The van der Waals surface area contributed by atoms with Gasteiger partial charge >= 0.3 is 0 Å². The molecule has 1 fully saturated rings. The Kier molecular flexibility index (Phi) is 6.36. The van der Waals surface area contributed by atoms with Crippen LogP contribution in [-0.2, 0) is 16.6 Å². The van der Waals surface area contributed by atoms with Gasteiger partial charge in [0.15, 0.2) is 11.5 Å². The summed E-state index contributed by atoms with van der Waals surface area (Å²) >= 11 is 1.59. The molecule has 3 rings (SSSR count). The van der Waals surface area contributed by atoms with Crippen LogP contribution < -0.4 is 9.47 Å². The SMILES string of the molecule is CCOc1ccc(-c2nc(CN3CCN(S(C)(=O)=O)CC3)cs2)cc1OC. The van der Waals surface area contributed by atoms with E-state index in [1.807, 2.05) is 25.1 Å². The van der Waals surface area contributed by atoms with Crippen LogP contribution in [0, 0.1) is 0 Å². The summed E-state index contributed by atoms with van der Waals surface area (Å²) in [5, 5.41) is 2.99. The van der Waals surface area contributed by atoms with Gasteiger partial charge in [-0.1, -0.05) is 0 Å². The van der Waals surface area contributed by atoms with Crippen LogP contribution in [0.25, 0.3) is 10.6 Å². The average molecular weight is 412 g/mol. The van der Waals surface area contributed by atoms with Crippen molar-refractivity contribution in [1.82, 2.24) is 14.2 Å². The number of nitrogens with zero attached hydrogens (tertiary/aromatic N) is 3. The molecule has 0 aliphatic carbocycles. The molecular formula is C18H25N3O4S2. The number of thiazole rings is 1. The highest BCUT2D eigenvalue weighted by Crippen LogP contribution is 2.34. The first-order valence-corrected chi connectivity index (χ1v) is 11.6. The summed E-state index contributed by atoms with van der Waals surface area (Å²) in [7, 11) is -1.47. The number of rotatable bonds is 7. The highest BCUT2D eigenvalue weighted by molar-refractivity contribution is 7.88. The van der Waals surface area contributed by atoms with Gasteiger partial charge < -0.3 is 9.47 Å². The van der Waals surface area contributed by atoms with Crippen molar-refractivity contribution in [2.45, 2.75) is 13.5 Å². The van der Waals surface area contributed by atoms with Crippen molar-refractivity contribution in [2.24, 2.45) is 0 Å². The Hall–Kier alpha value is -1.68. The molecule has 0 radical (unpaired) electrons. The fourth-order valence-electron chi connectivity index (χ4n) is 3.04. The number of piperazine rings is 1. The molecule has 1 aliphatic heterocycles. The first-order chi connectivity index (χ1) is 12.9. The molecule has 1 saturated heterocycles. The van der Waals surface area contributed by atoms with Gasteiger partial charge in [-0.3, -0.25) is 4.90 Å². The van der Waals surface area contributed by atoms with Crippen molar-refractivity contribution in [3.05, 3.63) is 29.3 Å². The maximum Gasteiger partial charge on any atom is 0.211 e. The third-order valence-electron chi connectivity index (χ3n) is 4.45. The van der Waals surface area contributed by atoms with Crippen LogP contribution >= 0.6 is 11.3 Å². The monoisotopic (exact) mass is 411 g/mol. The molecule has 148 valence electrons. The van der Waals surface area contributed by atoms with E-state index in [0.29, 0.717) is 25.4 Å². The number of hydrogen-bond acceptors (Lipinski definition) is 7. The molecule has 0 atom stereocenters. The zero-order valence-corrected chi connectivity index (χ0v) is 17.5. The zero-order chi connectivity index (χ0) is 19.4. The van der Waals surface area contributed by atoms with E-state index in [2.05, 4.69) is 10.3 Å². The lowest BCUT2D eigenvalue weighted by molar-refractivity contribution is 0.181. The second-order valence-corrected chi connectivity index (χ2v) is 9.22. The van der Waals surface area contributed by atoms with Crippen molar-refractivity contribution >= 4 is 21.4 Å². The number of hydrogen-bond donors (Lipinski definition) is 0. The van der Waals surface area contributed by atoms with E-state index in [-0.39, 0.29) is 0 Å². The molecule has 0 N–H and O–H groups in total. The standard InChI is InChI=1S/C18H25N3O4S2/c1-4-25-16-6-5-14(11-17(16)24-2)18-19-15(13-26-18)12-20-7-9-21(10-8-20)27(3,22)23/h5-6,11,13H,4,7-10,12H2,1-3H3. The lowest BCUT2D eigenvalue weighted by Gasteiger charge is -2.32. The van der Waals surface area contributed by atoms with Gasteiger partial charge in [0.2, 0.25) is 10.0 Å².